The van der Waals surface area contributed by atoms with E-state index in [9.17, 15) is 30.7 Å². The van der Waals surface area contributed by atoms with Gasteiger partial charge in [-0.3, -0.25) is 4.79 Å². The van der Waals surface area contributed by atoms with Gasteiger partial charge in [0.1, 0.15) is 20.2 Å². The van der Waals surface area contributed by atoms with E-state index in [1.54, 1.807) is 30.3 Å². The molecule has 4 aromatic rings. The minimum Gasteiger partial charge on any atom is -0.744 e. The van der Waals surface area contributed by atoms with Crippen LogP contribution in [0, 0.1) is 0 Å². The molecule has 3 aromatic carbocycles. The molecule has 17 heteroatoms. The van der Waals surface area contributed by atoms with Crippen molar-refractivity contribution in [1.29, 1.82) is 0 Å². The summed E-state index contributed by atoms with van der Waals surface area (Å²) in [6.07, 6.45) is 0. The maximum Gasteiger partial charge on any atom is 1.00 e. The molecule has 0 fully saturated rings. The number of hydrogen-bond donors (Lipinski definition) is 1. The minimum atomic E-state index is -4.93. The number of anilines is 1. The third kappa shape index (κ3) is 6.62. The van der Waals surface area contributed by atoms with Crippen LogP contribution in [0.15, 0.2) is 76.5 Å². The summed E-state index contributed by atoms with van der Waals surface area (Å²) in [7, 11) is -7.32. The monoisotopic (exact) mass is 583 g/mol. The molecule has 1 aromatic heterocycles. The molecule has 0 aliphatic rings. The summed E-state index contributed by atoms with van der Waals surface area (Å²) < 4.78 is 80.8. The average molecular weight is 584 g/mol. The zero-order valence-electron chi connectivity index (χ0n) is 20.6. The summed E-state index contributed by atoms with van der Waals surface area (Å²) in [5.74, 6) is -1.22. The number of nitrogens with one attached hydrogen (secondary N) is 1. The molecule has 0 atom stereocenters. The summed E-state index contributed by atoms with van der Waals surface area (Å²) in [4.78, 5) is 13.5. The number of amides is 1. The van der Waals surface area contributed by atoms with Crippen LogP contribution in [-0.2, 0) is 20.2 Å². The van der Waals surface area contributed by atoms with Crippen molar-refractivity contribution >= 4 is 31.8 Å². The Morgan fingerprint density at radius 3 is 2.00 bits per heavy atom. The van der Waals surface area contributed by atoms with Gasteiger partial charge in [-0.15, -0.1) is 0 Å². The number of para-hydroxylation sites is 1. The molecule has 1 amide bonds. The quantitative estimate of drug-likeness (QED) is 0.132. The molecular weight excluding hydrogens is 565 g/mol. The SMILES string of the molecule is COc1ccc(S(=O)(=O)[O-])cc1-n1nc(C(=O)Nc2ccccc2)n[n+]1-c1cc(S(=O)(=O)[O-])ccc1OC.[Na+]. The first-order valence-corrected chi connectivity index (χ1v) is 13.3. The molecule has 1 heterocycles. The number of tetrazole rings is 1. The van der Waals surface area contributed by atoms with Crippen molar-refractivity contribution in [3.63, 3.8) is 0 Å². The second-order valence-electron chi connectivity index (χ2n) is 7.50. The van der Waals surface area contributed by atoms with Gasteiger partial charge in [0.2, 0.25) is 5.69 Å². The standard InChI is InChI=1S/C22H19N5O9S2.Na/c1-35-19-10-8-15(37(29,30)31)12-17(19)26-24-21(22(28)23-14-6-4-3-5-7-14)25-27(26)18-13-16(38(32,33)34)9-11-20(18)36-2;/h3-13H,1-2H3,(H2-,23,28,29,30,31,32,33,34);/q;+1/p-1. The van der Waals surface area contributed by atoms with Crippen molar-refractivity contribution in [2.75, 3.05) is 19.5 Å². The molecule has 0 saturated heterocycles. The number of rotatable bonds is 8. The van der Waals surface area contributed by atoms with Gasteiger partial charge in [0.25, 0.3) is 0 Å². The van der Waals surface area contributed by atoms with Crippen molar-refractivity contribution in [1.82, 2.24) is 15.0 Å². The van der Waals surface area contributed by atoms with Gasteiger partial charge in [0.15, 0.2) is 17.2 Å². The number of nitrogens with zero attached hydrogens (tertiary/aromatic N) is 4. The Balaban J connectivity index is 0.00000420. The largest absolute Gasteiger partial charge is 1.00 e. The van der Waals surface area contributed by atoms with Gasteiger partial charge in [0.05, 0.1) is 29.1 Å². The molecule has 0 unspecified atom stereocenters. The van der Waals surface area contributed by atoms with Gasteiger partial charge in [-0.2, -0.15) is 0 Å². The zero-order chi connectivity index (χ0) is 27.7. The Labute approximate surface area is 245 Å². The van der Waals surface area contributed by atoms with Gasteiger partial charge in [-0.05, 0) is 47.3 Å². The van der Waals surface area contributed by atoms with Crippen LogP contribution in [0.2, 0.25) is 0 Å². The van der Waals surface area contributed by atoms with Crippen LogP contribution in [0.25, 0.3) is 11.4 Å². The zero-order valence-corrected chi connectivity index (χ0v) is 24.3. The van der Waals surface area contributed by atoms with Crippen molar-refractivity contribution < 1.29 is 74.6 Å². The molecule has 0 aliphatic heterocycles. The molecule has 0 spiro atoms. The van der Waals surface area contributed by atoms with Crippen molar-refractivity contribution in [2.45, 2.75) is 9.79 Å². The van der Waals surface area contributed by atoms with E-state index in [1.165, 1.54) is 26.4 Å². The molecular formula is C22H18N5NaO9S2. The van der Waals surface area contributed by atoms with Gasteiger partial charge >= 0.3 is 41.3 Å². The molecule has 0 saturated carbocycles. The number of benzene rings is 3. The van der Waals surface area contributed by atoms with Crippen LogP contribution in [0.1, 0.15) is 10.6 Å². The Hall–Kier alpha value is -3.38. The number of carbonyl (C=O) groups is 1. The number of carbonyl (C=O) groups excluding carboxylic acids is 1. The Bertz CT molecular complexity index is 1640. The number of methoxy groups -OCH3 is 2. The summed E-state index contributed by atoms with van der Waals surface area (Å²) >= 11 is 0. The first-order valence-electron chi connectivity index (χ1n) is 10.5. The van der Waals surface area contributed by atoms with Gasteiger partial charge in [-0.25, -0.2) is 16.8 Å². The average Bonchev–Trinajstić information content (AvgIpc) is 3.33. The predicted molar refractivity (Wildman–Crippen MR) is 126 cm³/mol. The van der Waals surface area contributed by atoms with Crippen molar-refractivity contribution in [3.8, 4) is 22.9 Å². The molecule has 4 rings (SSSR count). The van der Waals surface area contributed by atoms with E-state index in [2.05, 4.69) is 15.5 Å². The molecule has 1 N–H and O–H groups in total. The molecule has 0 aliphatic carbocycles. The van der Waals surface area contributed by atoms with E-state index in [1.807, 2.05) is 0 Å². The maximum absolute atomic E-state index is 13.0. The van der Waals surface area contributed by atoms with Crippen LogP contribution >= 0.6 is 0 Å². The van der Waals surface area contributed by atoms with Crippen molar-refractivity contribution in [3.05, 3.63) is 72.6 Å². The number of ether oxygens (including phenoxy) is 2. The van der Waals surface area contributed by atoms with E-state index in [0.29, 0.717) is 5.69 Å². The summed E-state index contributed by atoms with van der Waals surface area (Å²) in [5, 5.41) is 10.9. The Morgan fingerprint density at radius 2 is 1.44 bits per heavy atom. The summed E-state index contributed by atoms with van der Waals surface area (Å²) in [5.41, 5.74) is 0.0932. The van der Waals surface area contributed by atoms with Crippen LogP contribution < -0.4 is 49.1 Å². The van der Waals surface area contributed by atoms with E-state index in [0.717, 1.165) is 33.9 Å². The number of hydrogen-bond acceptors (Lipinski definition) is 11. The predicted octanol–water partition coefficient (Wildman–Crippen LogP) is -2.37. The van der Waals surface area contributed by atoms with E-state index in [-0.39, 0.29) is 52.4 Å². The van der Waals surface area contributed by atoms with E-state index < -0.39 is 41.8 Å². The van der Waals surface area contributed by atoms with Gasteiger partial charge < -0.3 is 23.9 Å². The summed E-state index contributed by atoms with van der Waals surface area (Å²) in [6, 6.07) is 14.6. The minimum absolute atomic E-state index is 0. The molecule has 0 radical (unpaired) electrons. The van der Waals surface area contributed by atoms with E-state index >= 15 is 0 Å². The van der Waals surface area contributed by atoms with Crippen molar-refractivity contribution in [2.24, 2.45) is 0 Å². The maximum atomic E-state index is 13.0. The fourth-order valence-corrected chi connectivity index (χ4v) is 4.34. The number of aromatic nitrogens is 4. The molecule has 0 bridgehead atoms. The first-order chi connectivity index (χ1) is 17.9. The first kappa shape index (κ1) is 30.2. The van der Waals surface area contributed by atoms with Gasteiger partial charge in [0, 0.05) is 21.6 Å². The van der Waals surface area contributed by atoms with Crippen LogP contribution in [-0.4, -0.2) is 61.1 Å². The second-order valence-corrected chi connectivity index (χ2v) is 10.3. The Morgan fingerprint density at radius 1 is 0.872 bits per heavy atom. The fraction of sp³-hybridized carbons (Fsp3) is 0.0909. The second kappa shape index (κ2) is 11.8. The smallest absolute Gasteiger partial charge is 0.744 e. The van der Waals surface area contributed by atoms with E-state index in [4.69, 9.17) is 9.47 Å². The Kier molecular flexibility index (Phi) is 9.12. The molecule has 14 nitrogen and oxygen atoms in total. The normalized spacial score (nSPS) is 11.4. The van der Waals surface area contributed by atoms with Crippen LogP contribution in [0.3, 0.4) is 0 Å². The topological polar surface area (TPSA) is 197 Å². The van der Waals surface area contributed by atoms with Gasteiger partial charge in [-0.1, -0.05) is 18.2 Å². The van der Waals surface area contributed by atoms with Crippen LogP contribution in [0.4, 0.5) is 5.69 Å². The fourth-order valence-electron chi connectivity index (χ4n) is 3.36. The summed E-state index contributed by atoms with van der Waals surface area (Å²) in [6.45, 7) is 0. The molecule has 198 valence electrons. The van der Waals surface area contributed by atoms with Crippen LogP contribution in [0.5, 0.6) is 11.5 Å². The third-order valence-corrected chi connectivity index (χ3v) is 6.76. The third-order valence-electron chi connectivity index (χ3n) is 5.10. The molecule has 39 heavy (non-hydrogen) atoms.